The molecule has 26 heavy (non-hydrogen) atoms. The summed E-state index contributed by atoms with van der Waals surface area (Å²) in [4.78, 5) is 26.4. The topological polar surface area (TPSA) is 87.9 Å². The van der Waals surface area contributed by atoms with Crippen molar-refractivity contribution in [1.82, 2.24) is 4.90 Å². The highest BCUT2D eigenvalue weighted by Crippen LogP contribution is 2.24. The molecule has 1 heterocycles. The van der Waals surface area contributed by atoms with Crippen molar-refractivity contribution in [3.05, 3.63) is 24.0 Å². The van der Waals surface area contributed by atoms with Gasteiger partial charge in [-0.15, -0.1) is 0 Å². The third-order valence-corrected chi connectivity index (χ3v) is 3.98. The van der Waals surface area contributed by atoms with Gasteiger partial charge in [0, 0.05) is 18.8 Å². The van der Waals surface area contributed by atoms with Crippen LogP contribution in [0.4, 0.5) is 24.5 Å². The van der Waals surface area contributed by atoms with E-state index in [0.717, 1.165) is 11.0 Å². The molecular formula is C16H21F3N4O3. The van der Waals surface area contributed by atoms with Gasteiger partial charge in [0.25, 0.3) is 12.3 Å². The van der Waals surface area contributed by atoms with E-state index in [0.29, 0.717) is 6.61 Å². The molecule has 0 radical (unpaired) electrons. The molecule has 10 heteroatoms. The highest BCUT2D eigenvalue weighted by molar-refractivity contribution is 5.97. The summed E-state index contributed by atoms with van der Waals surface area (Å²) in [5.41, 5.74) is 5.72. The van der Waals surface area contributed by atoms with Crippen molar-refractivity contribution in [2.75, 3.05) is 50.1 Å². The summed E-state index contributed by atoms with van der Waals surface area (Å²) in [7, 11) is 1.36. The van der Waals surface area contributed by atoms with Gasteiger partial charge in [-0.1, -0.05) is 0 Å². The number of morpholine rings is 1. The predicted octanol–water partition coefficient (Wildman–Crippen LogP) is 0.652. The third kappa shape index (κ3) is 4.93. The molecule has 1 saturated heterocycles. The van der Waals surface area contributed by atoms with Crippen LogP contribution in [0.1, 0.15) is 0 Å². The average Bonchev–Trinajstić information content (AvgIpc) is 2.56. The van der Waals surface area contributed by atoms with Crippen molar-refractivity contribution in [3.8, 4) is 0 Å². The van der Waals surface area contributed by atoms with E-state index in [-0.39, 0.29) is 37.0 Å². The van der Waals surface area contributed by atoms with Gasteiger partial charge in [0.2, 0.25) is 5.91 Å². The van der Waals surface area contributed by atoms with Crippen LogP contribution < -0.4 is 16.0 Å². The lowest BCUT2D eigenvalue weighted by atomic mass is 10.2. The zero-order valence-corrected chi connectivity index (χ0v) is 14.3. The summed E-state index contributed by atoms with van der Waals surface area (Å²) in [6.07, 6.45) is -2.61. The minimum atomic E-state index is -2.61. The summed E-state index contributed by atoms with van der Waals surface area (Å²) in [5.74, 6) is -1.67. The van der Waals surface area contributed by atoms with Crippen LogP contribution in [-0.4, -0.2) is 69.1 Å². The maximum Gasteiger partial charge on any atom is 0.253 e. The van der Waals surface area contributed by atoms with Gasteiger partial charge in [-0.05, 0) is 25.2 Å². The molecule has 2 rings (SSSR count). The Morgan fingerprint density at radius 2 is 2.19 bits per heavy atom. The van der Waals surface area contributed by atoms with E-state index >= 15 is 0 Å². The van der Waals surface area contributed by atoms with Crippen molar-refractivity contribution in [2.45, 2.75) is 12.5 Å². The molecule has 0 unspecified atom stereocenters. The lowest BCUT2D eigenvalue weighted by molar-refractivity contribution is -0.125. The number of hydrogen-bond acceptors (Lipinski definition) is 5. The molecule has 0 bridgehead atoms. The molecule has 3 N–H and O–H groups in total. The van der Waals surface area contributed by atoms with Crippen molar-refractivity contribution in [1.29, 1.82) is 0 Å². The fourth-order valence-corrected chi connectivity index (χ4v) is 2.63. The number of alkyl halides is 2. The van der Waals surface area contributed by atoms with Crippen molar-refractivity contribution in [2.24, 2.45) is 5.73 Å². The minimum Gasteiger partial charge on any atom is -0.370 e. The predicted molar refractivity (Wildman–Crippen MR) is 89.7 cm³/mol. The first kappa shape index (κ1) is 20.1. The van der Waals surface area contributed by atoms with Crippen molar-refractivity contribution in [3.63, 3.8) is 0 Å². The molecule has 1 aliphatic rings. The quantitative estimate of drug-likeness (QED) is 0.732. The number of nitrogens with two attached hydrogens (primary N) is 1. The highest BCUT2D eigenvalue weighted by atomic mass is 19.3. The smallest absolute Gasteiger partial charge is 0.253 e. The van der Waals surface area contributed by atoms with Gasteiger partial charge in [0.05, 0.1) is 18.8 Å². The number of nitrogens with zero attached hydrogens (tertiary/aromatic N) is 2. The monoisotopic (exact) mass is 374 g/mol. The molecule has 1 fully saturated rings. The van der Waals surface area contributed by atoms with E-state index in [1.165, 1.54) is 24.1 Å². The number of carbonyl (C=O) groups is 2. The van der Waals surface area contributed by atoms with Crippen LogP contribution in [0.2, 0.25) is 0 Å². The second-order valence-corrected chi connectivity index (χ2v) is 5.84. The molecule has 1 atom stereocenters. The first-order valence-corrected chi connectivity index (χ1v) is 8.00. The Balaban J connectivity index is 2.08. The molecule has 144 valence electrons. The number of nitrogens with one attached hydrogen (secondary N) is 1. The van der Waals surface area contributed by atoms with Gasteiger partial charge in [-0.2, -0.15) is 0 Å². The largest absolute Gasteiger partial charge is 0.370 e. The second kappa shape index (κ2) is 8.97. The number of ether oxygens (including phenoxy) is 1. The number of anilines is 2. The van der Waals surface area contributed by atoms with Crippen molar-refractivity contribution >= 4 is 23.2 Å². The van der Waals surface area contributed by atoms with Crippen LogP contribution in [0.5, 0.6) is 0 Å². The standard InChI is InChI=1S/C16H21F3N4O3/c1-22(8-14(18)19)13(7-20)16(25)21-10-2-3-12(11(17)6-10)23-4-5-26-9-15(23)24/h2-3,6,13-14H,4-5,7-9,20H2,1H3,(H,21,25)/t13-/m0/s1. The molecule has 0 aromatic heterocycles. The summed E-state index contributed by atoms with van der Waals surface area (Å²) >= 11 is 0. The highest BCUT2D eigenvalue weighted by Gasteiger charge is 2.25. The van der Waals surface area contributed by atoms with Crippen LogP contribution in [-0.2, 0) is 14.3 Å². The van der Waals surface area contributed by atoms with E-state index in [1.54, 1.807) is 0 Å². The fraction of sp³-hybridized carbons (Fsp3) is 0.500. The Labute approximate surface area is 148 Å². The van der Waals surface area contributed by atoms with Gasteiger partial charge in [-0.3, -0.25) is 14.5 Å². The van der Waals surface area contributed by atoms with Gasteiger partial charge in [-0.25, -0.2) is 13.2 Å². The van der Waals surface area contributed by atoms with Gasteiger partial charge in [0.1, 0.15) is 18.5 Å². The Morgan fingerprint density at radius 3 is 2.77 bits per heavy atom. The first-order chi connectivity index (χ1) is 12.3. The molecule has 0 saturated carbocycles. The number of rotatable bonds is 7. The third-order valence-electron chi connectivity index (χ3n) is 3.98. The number of hydrogen-bond donors (Lipinski definition) is 2. The molecule has 0 aliphatic carbocycles. The first-order valence-electron chi connectivity index (χ1n) is 8.00. The maximum absolute atomic E-state index is 14.4. The average molecular weight is 374 g/mol. The Bertz CT molecular complexity index is 660. The van der Waals surface area contributed by atoms with E-state index < -0.39 is 30.7 Å². The lowest BCUT2D eigenvalue weighted by Crippen LogP contribution is -2.48. The molecule has 7 nitrogen and oxygen atoms in total. The van der Waals surface area contributed by atoms with Gasteiger partial charge in [0.15, 0.2) is 0 Å². The van der Waals surface area contributed by atoms with Crippen LogP contribution in [0.15, 0.2) is 18.2 Å². The summed E-state index contributed by atoms with van der Waals surface area (Å²) in [5, 5.41) is 2.46. The van der Waals surface area contributed by atoms with Gasteiger partial charge < -0.3 is 20.7 Å². The van der Waals surface area contributed by atoms with E-state index in [1.807, 2.05) is 0 Å². The summed E-state index contributed by atoms with van der Waals surface area (Å²) in [6, 6.07) is 2.89. The number of amides is 2. The zero-order chi connectivity index (χ0) is 19.3. The normalized spacial score (nSPS) is 16.3. The number of benzene rings is 1. The van der Waals surface area contributed by atoms with E-state index in [2.05, 4.69) is 5.32 Å². The fourth-order valence-electron chi connectivity index (χ4n) is 2.63. The van der Waals surface area contributed by atoms with Crippen LogP contribution in [0, 0.1) is 5.82 Å². The molecule has 2 amide bonds. The molecular weight excluding hydrogens is 353 g/mol. The van der Waals surface area contributed by atoms with Crippen molar-refractivity contribution < 1.29 is 27.5 Å². The SMILES string of the molecule is CN(CC(F)F)[C@@H](CN)C(=O)Nc1ccc(N2CCOCC2=O)c(F)c1. The van der Waals surface area contributed by atoms with Crippen LogP contribution in [0.25, 0.3) is 0 Å². The number of likely N-dealkylation sites (N-methyl/N-ethyl adjacent to an activating group) is 1. The number of halogens is 3. The summed E-state index contributed by atoms with van der Waals surface area (Å²) in [6.45, 7) is -0.361. The molecule has 1 aliphatic heterocycles. The van der Waals surface area contributed by atoms with E-state index in [9.17, 15) is 22.8 Å². The van der Waals surface area contributed by atoms with Crippen LogP contribution >= 0.6 is 0 Å². The van der Waals surface area contributed by atoms with Gasteiger partial charge >= 0.3 is 0 Å². The summed E-state index contributed by atoms with van der Waals surface area (Å²) < 4.78 is 44.3. The molecule has 0 spiro atoms. The van der Waals surface area contributed by atoms with E-state index in [4.69, 9.17) is 10.5 Å². The minimum absolute atomic E-state index is 0.0847. The lowest BCUT2D eigenvalue weighted by Gasteiger charge is -2.27. The Hall–Kier alpha value is -2.17. The zero-order valence-electron chi connectivity index (χ0n) is 14.3. The Kier molecular flexibility index (Phi) is 6.95. The number of carbonyl (C=O) groups excluding carboxylic acids is 2. The Morgan fingerprint density at radius 1 is 1.46 bits per heavy atom. The second-order valence-electron chi connectivity index (χ2n) is 5.84. The maximum atomic E-state index is 14.4. The van der Waals surface area contributed by atoms with Crippen LogP contribution in [0.3, 0.4) is 0 Å². The molecule has 1 aromatic rings. The molecule has 1 aromatic carbocycles.